The molecular formula is C23H27N3O3S. The summed E-state index contributed by atoms with van der Waals surface area (Å²) >= 11 is 1.63. The number of carbonyl (C=O) groups is 1. The van der Waals surface area contributed by atoms with Crippen molar-refractivity contribution in [1.29, 1.82) is 0 Å². The number of nitrogens with one attached hydrogen (secondary N) is 1. The van der Waals surface area contributed by atoms with Crippen molar-refractivity contribution in [3.63, 3.8) is 0 Å². The molecule has 1 atom stereocenters. The second-order valence-corrected chi connectivity index (χ2v) is 8.94. The van der Waals surface area contributed by atoms with Crippen LogP contribution in [-0.2, 0) is 35.2 Å². The van der Waals surface area contributed by atoms with Crippen LogP contribution in [0.2, 0.25) is 0 Å². The van der Waals surface area contributed by atoms with Gasteiger partial charge in [-0.3, -0.25) is 9.59 Å². The number of amides is 1. The average molecular weight is 426 g/mol. The van der Waals surface area contributed by atoms with Gasteiger partial charge >= 0.3 is 0 Å². The van der Waals surface area contributed by atoms with E-state index < -0.39 is 0 Å². The summed E-state index contributed by atoms with van der Waals surface area (Å²) in [4.78, 5) is 36.8. The van der Waals surface area contributed by atoms with Gasteiger partial charge in [0.1, 0.15) is 10.7 Å². The number of hydrogen-bond donors (Lipinski definition) is 1. The molecular weight excluding hydrogens is 398 g/mol. The lowest BCUT2D eigenvalue weighted by Gasteiger charge is -2.28. The molecule has 1 amide bonds. The second kappa shape index (κ2) is 9.10. The first-order valence-electron chi connectivity index (χ1n) is 10.4. The van der Waals surface area contributed by atoms with E-state index in [0.717, 1.165) is 35.9 Å². The smallest absolute Gasteiger partial charge is 0.259 e. The minimum Gasteiger partial charge on any atom is -0.383 e. The minimum atomic E-state index is -0.0726. The molecule has 2 aromatic heterocycles. The Morgan fingerprint density at radius 3 is 2.87 bits per heavy atom. The first kappa shape index (κ1) is 20.8. The van der Waals surface area contributed by atoms with E-state index >= 15 is 0 Å². The van der Waals surface area contributed by atoms with E-state index in [4.69, 9.17) is 4.74 Å². The van der Waals surface area contributed by atoms with E-state index in [9.17, 15) is 9.59 Å². The zero-order valence-electron chi connectivity index (χ0n) is 17.4. The van der Waals surface area contributed by atoms with Gasteiger partial charge in [-0.2, -0.15) is 0 Å². The van der Waals surface area contributed by atoms with Crippen LogP contribution in [0.25, 0.3) is 10.2 Å². The van der Waals surface area contributed by atoms with Gasteiger partial charge < -0.3 is 14.6 Å². The SMILES string of the molecule is COC[C@@H](Cc1ccccc1)N(C)C(=O)CCc1nc2sc3c(c2c(=O)[nH]1)CCC3. The van der Waals surface area contributed by atoms with Crippen LogP contribution in [0.5, 0.6) is 0 Å². The number of aromatic nitrogens is 2. The van der Waals surface area contributed by atoms with Gasteiger partial charge in [0, 0.05) is 31.9 Å². The third-order valence-corrected chi connectivity index (χ3v) is 7.00. The van der Waals surface area contributed by atoms with E-state index in [-0.39, 0.29) is 17.5 Å². The van der Waals surface area contributed by atoms with E-state index in [2.05, 4.69) is 22.1 Å². The molecule has 6 nitrogen and oxygen atoms in total. The molecule has 0 aliphatic heterocycles. The Morgan fingerprint density at radius 2 is 2.10 bits per heavy atom. The van der Waals surface area contributed by atoms with Gasteiger partial charge in [-0.1, -0.05) is 30.3 Å². The highest BCUT2D eigenvalue weighted by atomic mass is 32.1. The van der Waals surface area contributed by atoms with Crippen molar-refractivity contribution in [3.05, 3.63) is 62.5 Å². The van der Waals surface area contributed by atoms with Gasteiger partial charge in [-0.05, 0) is 36.8 Å². The zero-order valence-corrected chi connectivity index (χ0v) is 18.3. The second-order valence-electron chi connectivity index (χ2n) is 7.85. The maximum absolute atomic E-state index is 12.8. The molecule has 0 saturated carbocycles. The number of fused-ring (bicyclic) bond motifs is 3. The molecule has 1 aromatic carbocycles. The largest absolute Gasteiger partial charge is 0.383 e. The number of thiophene rings is 1. The Balaban J connectivity index is 1.43. The van der Waals surface area contributed by atoms with E-state index in [0.29, 0.717) is 25.3 Å². The Bertz CT molecular complexity index is 1090. The number of likely N-dealkylation sites (N-methyl/N-ethyl adjacent to an activating group) is 1. The lowest BCUT2D eigenvalue weighted by molar-refractivity contribution is -0.133. The third-order valence-electron chi connectivity index (χ3n) is 5.81. The highest BCUT2D eigenvalue weighted by Crippen LogP contribution is 2.34. The quantitative estimate of drug-likeness (QED) is 0.602. The van der Waals surface area contributed by atoms with Crippen LogP contribution < -0.4 is 5.56 Å². The van der Waals surface area contributed by atoms with Crippen LogP contribution in [0, 0.1) is 0 Å². The van der Waals surface area contributed by atoms with Crippen LogP contribution >= 0.6 is 11.3 Å². The summed E-state index contributed by atoms with van der Waals surface area (Å²) in [5.74, 6) is 0.602. The van der Waals surface area contributed by atoms with Gasteiger partial charge in [0.2, 0.25) is 5.91 Å². The highest BCUT2D eigenvalue weighted by Gasteiger charge is 2.23. The van der Waals surface area contributed by atoms with Crippen LogP contribution in [0.3, 0.4) is 0 Å². The number of nitrogens with zero attached hydrogens (tertiary/aromatic N) is 2. The molecule has 2 heterocycles. The molecule has 30 heavy (non-hydrogen) atoms. The predicted molar refractivity (Wildman–Crippen MR) is 119 cm³/mol. The molecule has 0 bridgehead atoms. The van der Waals surface area contributed by atoms with E-state index in [1.807, 2.05) is 25.2 Å². The first-order chi connectivity index (χ1) is 14.6. The maximum atomic E-state index is 12.8. The number of aromatic amines is 1. The Hall–Kier alpha value is -2.51. The molecule has 1 N–H and O–H groups in total. The average Bonchev–Trinajstić information content (AvgIpc) is 3.33. The van der Waals surface area contributed by atoms with Crippen molar-refractivity contribution < 1.29 is 9.53 Å². The summed E-state index contributed by atoms with van der Waals surface area (Å²) in [5, 5.41) is 0.753. The van der Waals surface area contributed by atoms with Gasteiger partial charge in [0.05, 0.1) is 18.0 Å². The van der Waals surface area contributed by atoms with Crippen molar-refractivity contribution in [1.82, 2.24) is 14.9 Å². The third kappa shape index (κ3) is 4.32. The molecule has 158 valence electrons. The summed E-state index contributed by atoms with van der Waals surface area (Å²) in [7, 11) is 3.47. The number of aryl methyl sites for hydroxylation is 3. The topological polar surface area (TPSA) is 75.3 Å². The molecule has 0 spiro atoms. The van der Waals surface area contributed by atoms with Crippen molar-refractivity contribution in [2.24, 2.45) is 0 Å². The summed E-state index contributed by atoms with van der Waals surface area (Å²) in [6.07, 6.45) is 4.57. The Labute approximate surface area is 179 Å². The molecule has 3 aromatic rings. The Kier molecular flexibility index (Phi) is 6.29. The number of ether oxygens (including phenoxy) is 1. The number of carbonyl (C=O) groups excluding carboxylic acids is 1. The first-order valence-corrected chi connectivity index (χ1v) is 11.2. The predicted octanol–water partition coefficient (Wildman–Crippen LogP) is 3.12. The zero-order chi connectivity index (χ0) is 21.1. The van der Waals surface area contributed by atoms with Crippen molar-refractivity contribution in [2.75, 3.05) is 20.8 Å². The molecule has 1 aliphatic rings. The molecule has 0 fully saturated rings. The van der Waals surface area contributed by atoms with Crippen LogP contribution in [0.4, 0.5) is 0 Å². The number of hydrogen-bond acceptors (Lipinski definition) is 5. The fraction of sp³-hybridized carbons (Fsp3) is 0.435. The number of methoxy groups -OCH3 is 1. The fourth-order valence-electron chi connectivity index (χ4n) is 4.16. The monoisotopic (exact) mass is 425 g/mol. The summed E-state index contributed by atoms with van der Waals surface area (Å²) in [6.45, 7) is 0.471. The van der Waals surface area contributed by atoms with Crippen molar-refractivity contribution >= 4 is 27.5 Å². The molecule has 1 aliphatic carbocycles. The summed E-state index contributed by atoms with van der Waals surface area (Å²) < 4.78 is 5.35. The fourth-order valence-corrected chi connectivity index (χ4v) is 5.44. The molecule has 0 saturated heterocycles. The van der Waals surface area contributed by atoms with Crippen LogP contribution in [0.1, 0.15) is 34.7 Å². The molecule has 0 unspecified atom stereocenters. The van der Waals surface area contributed by atoms with Gasteiger partial charge in [0.25, 0.3) is 5.56 Å². The highest BCUT2D eigenvalue weighted by molar-refractivity contribution is 7.18. The molecule has 4 rings (SSSR count). The van der Waals surface area contributed by atoms with Crippen LogP contribution in [-0.4, -0.2) is 47.6 Å². The van der Waals surface area contributed by atoms with Crippen molar-refractivity contribution in [3.8, 4) is 0 Å². The lowest BCUT2D eigenvalue weighted by Crippen LogP contribution is -2.41. The number of H-pyrrole nitrogens is 1. The molecule has 7 heteroatoms. The van der Waals surface area contributed by atoms with E-state index in [1.54, 1.807) is 23.3 Å². The Morgan fingerprint density at radius 1 is 1.30 bits per heavy atom. The van der Waals surface area contributed by atoms with Gasteiger partial charge in [0.15, 0.2) is 0 Å². The molecule has 0 radical (unpaired) electrons. The number of rotatable bonds is 8. The van der Waals surface area contributed by atoms with Gasteiger partial charge in [-0.15, -0.1) is 11.3 Å². The van der Waals surface area contributed by atoms with Crippen LogP contribution in [0.15, 0.2) is 35.1 Å². The van der Waals surface area contributed by atoms with E-state index in [1.165, 1.54) is 16.0 Å². The summed E-state index contributed by atoms with van der Waals surface area (Å²) in [5.41, 5.74) is 2.27. The van der Waals surface area contributed by atoms with Gasteiger partial charge in [-0.25, -0.2) is 4.98 Å². The minimum absolute atomic E-state index is 0.0180. The number of benzene rings is 1. The summed E-state index contributed by atoms with van der Waals surface area (Å²) in [6, 6.07) is 10.1. The lowest BCUT2D eigenvalue weighted by atomic mass is 10.0. The van der Waals surface area contributed by atoms with Crippen molar-refractivity contribution in [2.45, 2.75) is 44.6 Å². The maximum Gasteiger partial charge on any atom is 0.259 e. The normalized spacial score (nSPS) is 14.1. The standard InChI is InChI=1S/C23H27N3O3S/c1-26(16(14-29-2)13-15-7-4-3-5-8-15)20(27)12-11-19-24-22(28)21-17-9-6-10-18(17)30-23(21)25-19/h3-5,7-8,16H,6,9-14H2,1-2H3,(H,24,25,28)/t16-/m1/s1.